The summed E-state index contributed by atoms with van der Waals surface area (Å²) in [5.74, 6) is 3.41. The van der Waals surface area contributed by atoms with Crippen molar-refractivity contribution in [3.63, 3.8) is 0 Å². The lowest BCUT2D eigenvalue weighted by molar-refractivity contribution is 0.173. The summed E-state index contributed by atoms with van der Waals surface area (Å²) in [7, 11) is 3.36. The first-order valence-corrected chi connectivity index (χ1v) is 11.2. The lowest BCUT2D eigenvalue weighted by atomic mass is 9.70. The van der Waals surface area contributed by atoms with E-state index in [9.17, 15) is 0 Å². The van der Waals surface area contributed by atoms with Gasteiger partial charge in [-0.2, -0.15) is 0 Å². The third-order valence-corrected chi connectivity index (χ3v) is 6.72. The molecule has 0 fully saturated rings. The van der Waals surface area contributed by atoms with E-state index in [4.69, 9.17) is 18.9 Å². The van der Waals surface area contributed by atoms with Crippen molar-refractivity contribution in [2.45, 2.75) is 25.2 Å². The Hall–Kier alpha value is -3.66. The van der Waals surface area contributed by atoms with Gasteiger partial charge < -0.3 is 18.9 Å². The van der Waals surface area contributed by atoms with Crippen molar-refractivity contribution in [2.24, 2.45) is 0 Å². The number of hydrogen-bond acceptors (Lipinski definition) is 4. The number of ether oxygens (including phenoxy) is 4. The predicted octanol–water partition coefficient (Wildman–Crippen LogP) is 6.60. The maximum Gasteiger partial charge on any atom is 0.231 e. The maximum absolute atomic E-state index is 5.83. The van der Waals surface area contributed by atoms with Gasteiger partial charge >= 0.3 is 0 Å². The van der Waals surface area contributed by atoms with Crippen molar-refractivity contribution >= 4 is 12.2 Å². The van der Waals surface area contributed by atoms with E-state index in [0.29, 0.717) is 0 Å². The molecule has 33 heavy (non-hydrogen) atoms. The van der Waals surface area contributed by atoms with Crippen LogP contribution in [-0.2, 0) is 6.42 Å². The lowest BCUT2D eigenvalue weighted by Crippen LogP contribution is -2.19. The van der Waals surface area contributed by atoms with E-state index in [1.165, 1.54) is 27.8 Å². The smallest absolute Gasteiger partial charge is 0.231 e. The maximum atomic E-state index is 5.83. The Bertz CT molecular complexity index is 1230. The van der Waals surface area contributed by atoms with Crippen LogP contribution in [0.25, 0.3) is 12.2 Å². The summed E-state index contributed by atoms with van der Waals surface area (Å²) in [4.78, 5) is 0. The Labute approximate surface area is 195 Å². The van der Waals surface area contributed by atoms with Crippen molar-refractivity contribution in [1.82, 2.24) is 0 Å². The van der Waals surface area contributed by atoms with Gasteiger partial charge in [-0.3, -0.25) is 0 Å². The van der Waals surface area contributed by atoms with E-state index in [2.05, 4.69) is 68.1 Å². The molecule has 0 aromatic heterocycles. The monoisotopic (exact) mass is 440 g/mol. The number of benzene rings is 3. The molecule has 168 valence electrons. The molecule has 5 rings (SSSR count). The Balaban J connectivity index is 1.69. The van der Waals surface area contributed by atoms with E-state index in [-0.39, 0.29) is 18.6 Å². The molecule has 3 aromatic rings. The lowest BCUT2D eigenvalue weighted by Gasteiger charge is -2.34. The molecule has 0 saturated heterocycles. The van der Waals surface area contributed by atoms with Gasteiger partial charge in [0.15, 0.2) is 23.0 Å². The fourth-order valence-electron chi connectivity index (χ4n) is 5.17. The zero-order valence-corrected chi connectivity index (χ0v) is 19.3. The van der Waals surface area contributed by atoms with Gasteiger partial charge in [-0.15, -0.1) is 0 Å². The van der Waals surface area contributed by atoms with E-state index in [1.807, 2.05) is 12.1 Å². The minimum absolute atomic E-state index is 0.151. The third kappa shape index (κ3) is 3.66. The second-order valence-electron chi connectivity index (χ2n) is 8.49. The molecule has 2 unspecified atom stereocenters. The molecule has 0 radical (unpaired) electrons. The van der Waals surface area contributed by atoms with Crippen molar-refractivity contribution in [1.29, 1.82) is 0 Å². The van der Waals surface area contributed by atoms with Crippen LogP contribution in [0.3, 0.4) is 0 Å². The average Bonchev–Trinajstić information content (AvgIpc) is 3.33. The molecule has 0 N–H and O–H groups in total. The Morgan fingerprint density at radius 3 is 2.45 bits per heavy atom. The fourth-order valence-corrected chi connectivity index (χ4v) is 5.17. The molecule has 4 heteroatoms. The standard InChI is InChI=1S/C29H28O4/c1-5-22-23(11-12-25-29(22)33-17-32-25)28-18(2)24-16-27(31-4)26(30-3)15-20(24)14-21(28)13-19-9-7-6-8-10-19/h5-12,14-16,18,28H,1,13,17H2,2-4H3. The zero-order chi connectivity index (χ0) is 22.9. The summed E-state index contributed by atoms with van der Waals surface area (Å²) in [6.45, 7) is 6.63. The van der Waals surface area contributed by atoms with Crippen LogP contribution in [0.1, 0.15) is 46.6 Å². The Kier molecular flexibility index (Phi) is 5.59. The van der Waals surface area contributed by atoms with Crippen molar-refractivity contribution < 1.29 is 18.9 Å². The highest BCUT2D eigenvalue weighted by Gasteiger charge is 2.34. The molecule has 3 aromatic carbocycles. The quantitative estimate of drug-likeness (QED) is 0.433. The van der Waals surface area contributed by atoms with Crippen molar-refractivity contribution in [3.8, 4) is 23.0 Å². The molecule has 0 saturated carbocycles. The molecule has 2 atom stereocenters. The first-order chi connectivity index (χ1) is 16.1. The highest BCUT2D eigenvalue weighted by molar-refractivity contribution is 5.72. The topological polar surface area (TPSA) is 36.9 Å². The highest BCUT2D eigenvalue weighted by atomic mass is 16.7. The van der Waals surface area contributed by atoms with Gasteiger partial charge in [0.25, 0.3) is 0 Å². The van der Waals surface area contributed by atoms with Crippen LogP contribution >= 0.6 is 0 Å². The largest absolute Gasteiger partial charge is 0.493 e. The number of allylic oxidation sites excluding steroid dienone is 1. The van der Waals surface area contributed by atoms with Crippen LogP contribution in [0.2, 0.25) is 0 Å². The van der Waals surface area contributed by atoms with E-state index >= 15 is 0 Å². The van der Waals surface area contributed by atoms with Gasteiger partial charge in [0.2, 0.25) is 6.79 Å². The predicted molar refractivity (Wildman–Crippen MR) is 131 cm³/mol. The van der Waals surface area contributed by atoms with Gasteiger partial charge in [0.1, 0.15) is 0 Å². The average molecular weight is 441 g/mol. The summed E-state index contributed by atoms with van der Waals surface area (Å²) < 4.78 is 22.7. The van der Waals surface area contributed by atoms with Crippen LogP contribution in [0, 0.1) is 0 Å². The van der Waals surface area contributed by atoms with Crippen LogP contribution in [0.5, 0.6) is 23.0 Å². The molecular formula is C29H28O4. The SMILES string of the molecule is C=Cc1c(C2C(Cc3ccccc3)=Cc3cc(OC)c(OC)cc3C2C)ccc2c1OCO2. The fraction of sp³-hybridized carbons (Fsp3) is 0.241. The van der Waals surface area contributed by atoms with Gasteiger partial charge in [-0.05, 0) is 52.8 Å². The summed E-state index contributed by atoms with van der Waals surface area (Å²) in [6, 6.07) is 19.0. The van der Waals surface area contributed by atoms with Gasteiger partial charge in [0, 0.05) is 11.5 Å². The van der Waals surface area contributed by atoms with Gasteiger partial charge in [0.05, 0.1) is 14.2 Å². The molecular weight excluding hydrogens is 412 g/mol. The Morgan fingerprint density at radius 2 is 1.73 bits per heavy atom. The van der Waals surface area contributed by atoms with Gasteiger partial charge in [-0.1, -0.05) is 67.6 Å². The minimum Gasteiger partial charge on any atom is -0.493 e. The van der Waals surface area contributed by atoms with Crippen LogP contribution < -0.4 is 18.9 Å². The molecule has 4 nitrogen and oxygen atoms in total. The van der Waals surface area contributed by atoms with E-state index in [0.717, 1.165) is 35.0 Å². The van der Waals surface area contributed by atoms with Crippen molar-refractivity contribution in [3.05, 3.63) is 94.6 Å². The van der Waals surface area contributed by atoms with E-state index in [1.54, 1.807) is 14.2 Å². The summed E-state index contributed by atoms with van der Waals surface area (Å²) >= 11 is 0. The molecule has 0 spiro atoms. The molecule has 0 amide bonds. The van der Waals surface area contributed by atoms with Crippen LogP contribution in [0.4, 0.5) is 0 Å². The second-order valence-corrected chi connectivity index (χ2v) is 8.49. The second kappa shape index (κ2) is 8.70. The highest BCUT2D eigenvalue weighted by Crippen LogP contribution is 2.51. The normalized spacial score (nSPS) is 18.3. The van der Waals surface area contributed by atoms with Crippen LogP contribution in [-0.4, -0.2) is 21.0 Å². The third-order valence-electron chi connectivity index (χ3n) is 6.72. The molecule has 2 aliphatic rings. The first kappa shape index (κ1) is 21.2. The summed E-state index contributed by atoms with van der Waals surface area (Å²) in [6.07, 6.45) is 5.06. The molecule has 1 heterocycles. The molecule has 0 bridgehead atoms. The summed E-state index contributed by atoms with van der Waals surface area (Å²) in [5, 5.41) is 0. The van der Waals surface area contributed by atoms with E-state index < -0.39 is 0 Å². The number of hydrogen-bond donors (Lipinski definition) is 0. The first-order valence-electron chi connectivity index (χ1n) is 11.2. The molecule has 1 aliphatic heterocycles. The number of rotatable bonds is 6. The number of methoxy groups -OCH3 is 2. The van der Waals surface area contributed by atoms with Crippen LogP contribution in [0.15, 0.2) is 66.7 Å². The number of fused-ring (bicyclic) bond motifs is 2. The van der Waals surface area contributed by atoms with Crippen molar-refractivity contribution in [2.75, 3.05) is 21.0 Å². The molecule has 1 aliphatic carbocycles. The zero-order valence-electron chi connectivity index (χ0n) is 19.3. The summed E-state index contributed by atoms with van der Waals surface area (Å²) in [5.41, 5.74) is 7.24. The van der Waals surface area contributed by atoms with Gasteiger partial charge in [-0.25, -0.2) is 0 Å². The minimum atomic E-state index is 0.151. The Morgan fingerprint density at radius 1 is 0.970 bits per heavy atom.